The van der Waals surface area contributed by atoms with Crippen LogP contribution in [-0.4, -0.2) is 36.8 Å². The van der Waals surface area contributed by atoms with Crippen molar-refractivity contribution in [2.75, 3.05) is 0 Å². The molecule has 0 unspecified atom stereocenters. The molecule has 0 spiro atoms. The van der Waals surface area contributed by atoms with Gasteiger partial charge in [0, 0.05) is 0 Å². The topological polar surface area (TPSA) is 39.4 Å². The minimum atomic E-state index is -2.19. The van der Waals surface area contributed by atoms with Crippen LogP contribution in [0.3, 0.4) is 0 Å². The van der Waals surface area contributed by atoms with Gasteiger partial charge in [0.05, 0.1) is 0 Å². The maximum atomic E-state index is 6.25. The number of thiophene rings is 2. The molecule has 5 aromatic rings. The van der Waals surface area contributed by atoms with Gasteiger partial charge in [-0.3, -0.25) is 0 Å². The van der Waals surface area contributed by atoms with E-state index in [-0.39, 0.29) is 0 Å². The van der Waals surface area contributed by atoms with Crippen molar-refractivity contribution in [1.29, 1.82) is 0 Å². The SMILES string of the molecule is [CH3][Sn]([CH3])([CH3])[c]1ccc(-c2ccc(-c3ccc(-c4ccc(-c5cc[c]([Sn]([CH3])([CH3])[CH3])o5)s4)o3)s2)o1. The molecular weight excluding hydrogens is 662 g/mol. The maximum absolute atomic E-state index is 6.25. The predicted octanol–water partition coefficient (Wildman–Crippen LogP) is 8.35. The summed E-state index contributed by atoms with van der Waals surface area (Å²) in [5.74, 6) is 3.70. The van der Waals surface area contributed by atoms with Crippen molar-refractivity contribution in [3.63, 3.8) is 0 Å². The van der Waals surface area contributed by atoms with E-state index in [0.717, 1.165) is 42.5 Å². The summed E-state index contributed by atoms with van der Waals surface area (Å²) in [5.41, 5.74) is 0. The Morgan fingerprint density at radius 3 is 1.03 bits per heavy atom. The van der Waals surface area contributed by atoms with Crippen molar-refractivity contribution < 1.29 is 13.3 Å². The van der Waals surface area contributed by atoms with Crippen LogP contribution in [0.1, 0.15) is 0 Å². The van der Waals surface area contributed by atoms with Gasteiger partial charge in [-0.1, -0.05) is 0 Å². The van der Waals surface area contributed by atoms with E-state index in [1.807, 2.05) is 0 Å². The zero-order valence-corrected chi connectivity index (χ0v) is 27.2. The van der Waals surface area contributed by atoms with E-state index < -0.39 is 36.8 Å². The molecule has 0 saturated heterocycles. The van der Waals surface area contributed by atoms with E-state index in [9.17, 15) is 0 Å². The fourth-order valence-electron chi connectivity index (χ4n) is 3.56. The third kappa shape index (κ3) is 4.97. The second-order valence-electron chi connectivity index (χ2n) is 10.3. The molecule has 5 rings (SSSR count). The van der Waals surface area contributed by atoms with Gasteiger partial charge in [0.2, 0.25) is 0 Å². The Morgan fingerprint density at radius 2 is 0.727 bits per heavy atom. The van der Waals surface area contributed by atoms with Gasteiger partial charge in [-0.15, -0.1) is 0 Å². The fourth-order valence-corrected chi connectivity index (χ4v) is 11.1. The minimum absolute atomic E-state index is 0.889. The summed E-state index contributed by atoms with van der Waals surface area (Å²) in [6, 6.07) is 21.2. The Bertz CT molecular complexity index is 1290. The van der Waals surface area contributed by atoms with Crippen LogP contribution in [0.15, 0.2) is 73.9 Å². The molecule has 0 amide bonds. The van der Waals surface area contributed by atoms with Gasteiger partial charge in [-0.25, -0.2) is 0 Å². The van der Waals surface area contributed by atoms with Crippen LogP contribution < -0.4 is 7.55 Å². The van der Waals surface area contributed by atoms with Gasteiger partial charge >= 0.3 is 213 Å². The quantitative estimate of drug-likeness (QED) is 0.168. The van der Waals surface area contributed by atoms with E-state index in [1.165, 1.54) is 7.55 Å². The molecule has 3 nitrogen and oxygen atoms in total. The molecular formula is C26H28O3S2Sn2. The molecule has 5 aromatic heterocycles. The summed E-state index contributed by atoms with van der Waals surface area (Å²) >= 11 is -0.970. The molecule has 0 atom stereocenters. The standard InChI is InChI=1S/C20H10O3S2.6CH3.2Sn/c1-3-13(21-11-1)17-7-9-19(24-17)15-5-6-16(23-15)20-10-8-18(25-20)14-4-2-12-22-14;;;;;;;;/h1-10H;6*1H3;;. The second kappa shape index (κ2) is 8.81. The number of rotatable bonds is 6. The van der Waals surface area contributed by atoms with E-state index in [4.69, 9.17) is 13.3 Å². The average molecular weight is 690 g/mol. The van der Waals surface area contributed by atoms with Crippen LogP contribution in [0.4, 0.5) is 0 Å². The first-order chi connectivity index (χ1) is 15.6. The second-order valence-corrected chi connectivity index (χ2v) is 41.0. The zero-order chi connectivity index (χ0) is 23.4. The van der Waals surface area contributed by atoms with Crippen molar-refractivity contribution >= 4 is 67.0 Å². The number of hydrogen-bond donors (Lipinski definition) is 0. The number of hydrogen-bond acceptors (Lipinski definition) is 5. The van der Waals surface area contributed by atoms with Gasteiger partial charge < -0.3 is 0 Å². The van der Waals surface area contributed by atoms with Gasteiger partial charge in [-0.2, -0.15) is 0 Å². The Kier molecular flexibility index (Phi) is 6.29. The summed E-state index contributed by atoms with van der Waals surface area (Å²) in [4.78, 5) is 18.7. The molecule has 0 fully saturated rings. The predicted molar refractivity (Wildman–Crippen MR) is 147 cm³/mol. The molecule has 5 heterocycles. The molecule has 0 aromatic carbocycles. The monoisotopic (exact) mass is 692 g/mol. The van der Waals surface area contributed by atoms with Gasteiger partial charge in [0.1, 0.15) is 0 Å². The third-order valence-electron chi connectivity index (χ3n) is 5.48. The van der Waals surface area contributed by atoms with E-state index >= 15 is 0 Å². The Balaban J connectivity index is 1.36. The van der Waals surface area contributed by atoms with Gasteiger partial charge in [-0.05, 0) is 0 Å². The average Bonchev–Trinajstić information content (AvgIpc) is 3.56. The van der Waals surface area contributed by atoms with Crippen LogP contribution in [0.2, 0.25) is 29.6 Å². The molecule has 0 N–H and O–H groups in total. The summed E-state index contributed by atoms with van der Waals surface area (Å²) < 4.78 is 21.1. The number of furan rings is 3. The molecule has 0 saturated carbocycles. The van der Waals surface area contributed by atoms with Crippen molar-refractivity contribution in [3.8, 4) is 42.5 Å². The normalized spacial score (nSPS) is 12.5. The Hall–Kier alpha value is -1.16. The molecule has 33 heavy (non-hydrogen) atoms. The first-order valence-corrected chi connectivity index (χ1v) is 32.7. The molecule has 170 valence electrons. The fraction of sp³-hybridized carbons (Fsp3) is 0.231. The Labute approximate surface area is 211 Å². The van der Waals surface area contributed by atoms with Crippen LogP contribution in [-0.2, 0) is 0 Å². The molecule has 0 aliphatic heterocycles. The summed E-state index contributed by atoms with van der Waals surface area (Å²) in [6.07, 6.45) is 0. The Morgan fingerprint density at radius 1 is 0.424 bits per heavy atom. The first kappa shape index (κ1) is 23.6. The van der Waals surface area contributed by atoms with Gasteiger partial charge in [0.15, 0.2) is 0 Å². The summed E-state index contributed by atoms with van der Waals surface area (Å²) in [6.45, 7) is 0. The molecule has 0 aliphatic carbocycles. The zero-order valence-electron chi connectivity index (χ0n) is 19.8. The summed E-state index contributed by atoms with van der Waals surface area (Å²) in [5, 5.41) is 0. The van der Waals surface area contributed by atoms with E-state index in [1.54, 1.807) is 22.7 Å². The third-order valence-corrected chi connectivity index (χ3v) is 17.7. The van der Waals surface area contributed by atoms with Gasteiger partial charge in [0.25, 0.3) is 0 Å². The molecule has 0 radical (unpaired) electrons. The van der Waals surface area contributed by atoms with Crippen molar-refractivity contribution in [1.82, 2.24) is 0 Å². The van der Waals surface area contributed by atoms with Crippen molar-refractivity contribution in [2.45, 2.75) is 29.6 Å². The van der Waals surface area contributed by atoms with Crippen molar-refractivity contribution in [2.24, 2.45) is 0 Å². The van der Waals surface area contributed by atoms with Crippen LogP contribution in [0, 0.1) is 0 Å². The molecule has 0 bridgehead atoms. The first-order valence-electron chi connectivity index (χ1n) is 11.1. The molecule has 7 heteroatoms. The van der Waals surface area contributed by atoms with Crippen molar-refractivity contribution in [3.05, 3.63) is 60.7 Å². The molecule has 0 aliphatic rings. The van der Waals surface area contributed by atoms with Crippen LogP contribution in [0.5, 0.6) is 0 Å². The van der Waals surface area contributed by atoms with Crippen LogP contribution >= 0.6 is 22.7 Å². The van der Waals surface area contributed by atoms with Crippen LogP contribution in [0.25, 0.3) is 42.5 Å². The summed E-state index contributed by atoms with van der Waals surface area (Å²) in [7, 11) is 0. The van der Waals surface area contributed by atoms with E-state index in [2.05, 4.69) is 90.3 Å². The van der Waals surface area contributed by atoms with E-state index in [0.29, 0.717) is 0 Å².